The van der Waals surface area contributed by atoms with E-state index in [1.165, 1.54) is 42.5 Å². The molecule has 0 spiro atoms. The predicted molar refractivity (Wildman–Crippen MR) is 117 cm³/mol. The number of nitrogens with one attached hydrogen (secondary N) is 2. The van der Waals surface area contributed by atoms with Crippen molar-refractivity contribution in [2.24, 2.45) is 0 Å². The Morgan fingerprint density at radius 1 is 0.848 bits per heavy atom. The lowest BCUT2D eigenvalue weighted by Gasteiger charge is -2.12. The second kappa shape index (κ2) is 11.1. The minimum atomic E-state index is -4.50. The molecule has 0 saturated heterocycles. The maximum atomic E-state index is 12.6. The number of hydrogen-bond donors (Lipinski definition) is 7. The molecule has 3 aromatic carbocycles. The van der Waals surface area contributed by atoms with E-state index in [1.54, 1.807) is 6.07 Å². The van der Waals surface area contributed by atoms with E-state index in [-0.39, 0.29) is 35.0 Å². The average Bonchev–Trinajstić information content (AvgIpc) is 2.76. The number of halogens is 3. The Balaban J connectivity index is 0.000000321. The molecule has 0 aliphatic heterocycles. The van der Waals surface area contributed by atoms with Gasteiger partial charge < -0.3 is 36.8 Å². The average molecular weight is 465 g/mol. The second-order valence-corrected chi connectivity index (χ2v) is 6.70. The first-order valence-electron chi connectivity index (χ1n) is 9.39. The van der Waals surface area contributed by atoms with E-state index in [0.717, 1.165) is 12.1 Å². The number of carbonyl (C=O) groups excluding carboxylic acids is 1. The molecule has 2 amide bonds. The highest BCUT2D eigenvalue weighted by atomic mass is 19.4. The largest absolute Gasteiger partial charge is 0.508 e. The Hall–Kier alpha value is -3.96. The van der Waals surface area contributed by atoms with Gasteiger partial charge in [-0.05, 0) is 54.6 Å². The maximum Gasteiger partial charge on any atom is 0.416 e. The third-order valence-electron chi connectivity index (χ3n) is 4.25. The highest BCUT2D eigenvalue weighted by Crippen LogP contribution is 2.30. The van der Waals surface area contributed by atoms with Gasteiger partial charge in [-0.2, -0.15) is 13.2 Å². The van der Waals surface area contributed by atoms with Crippen molar-refractivity contribution in [2.45, 2.75) is 19.4 Å². The van der Waals surface area contributed by atoms with E-state index < -0.39 is 24.4 Å². The maximum absolute atomic E-state index is 12.6. The minimum Gasteiger partial charge on any atom is -0.508 e. The number of aliphatic hydroxyl groups excluding tert-OH is 2. The van der Waals surface area contributed by atoms with Crippen LogP contribution in [0.3, 0.4) is 0 Å². The molecular formula is C22H22F3N3O5. The number of carbonyl (C=O) groups is 1. The van der Waals surface area contributed by atoms with E-state index in [2.05, 4.69) is 10.6 Å². The van der Waals surface area contributed by atoms with Gasteiger partial charge in [-0.3, -0.25) is 0 Å². The van der Waals surface area contributed by atoms with Gasteiger partial charge in [-0.25, -0.2) is 4.79 Å². The van der Waals surface area contributed by atoms with Crippen LogP contribution in [-0.2, 0) is 19.4 Å². The number of nitrogen functional groups attached to an aromatic ring is 1. The summed E-state index contributed by atoms with van der Waals surface area (Å²) in [6.45, 7) is -0.562. The van der Waals surface area contributed by atoms with Gasteiger partial charge in [-0.15, -0.1) is 0 Å². The van der Waals surface area contributed by atoms with Gasteiger partial charge in [0.05, 0.1) is 18.8 Å². The third kappa shape index (κ3) is 7.59. The molecule has 0 aromatic heterocycles. The molecule has 8 N–H and O–H groups in total. The smallest absolute Gasteiger partial charge is 0.416 e. The number of aliphatic hydroxyl groups is 2. The van der Waals surface area contributed by atoms with Crippen LogP contribution in [0.15, 0.2) is 60.7 Å². The van der Waals surface area contributed by atoms with Gasteiger partial charge in [0.15, 0.2) is 0 Å². The van der Waals surface area contributed by atoms with Gasteiger partial charge in [0, 0.05) is 28.2 Å². The first kappa shape index (κ1) is 25.3. The Morgan fingerprint density at radius 3 is 2.03 bits per heavy atom. The molecule has 3 aromatic rings. The molecule has 0 saturated carbocycles. The highest BCUT2D eigenvalue weighted by Gasteiger charge is 2.30. The third-order valence-corrected chi connectivity index (χ3v) is 4.25. The number of nitrogens with two attached hydrogens (primary N) is 1. The lowest BCUT2D eigenvalue weighted by atomic mass is 10.2. The molecular weight excluding hydrogens is 443 g/mol. The van der Waals surface area contributed by atoms with Gasteiger partial charge in [0.1, 0.15) is 11.5 Å². The summed E-state index contributed by atoms with van der Waals surface area (Å²) in [5, 5.41) is 40.7. The first-order chi connectivity index (χ1) is 15.5. The molecule has 0 aliphatic carbocycles. The SMILES string of the molecule is Nc1ccc(O)cc1CO.O=C(Nc1cccc(C(F)(F)F)c1)Nc1ccc(O)cc1CO. The standard InChI is InChI=1S/C15H13F3N2O3.C7H9NO2/c16-15(17,18)10-2-1-3-11(7-10)19-14(23)20-13-5-4-12(22)6-9(13)8-21;8-7-2-1-6(10)3-5(7)4-9/h1-7,21-22H,8H2,(H2,19,20,23);1-3,9-10H,4,8H2. The van der Waals surface area contributed by atoms with Crippen molar-refractivity contribution in [1.29, 1.82) is 0 Å². The summed E-state index contributed by atoms with van der Waals surface area (Å²) >= 11 is 0. The van der Waals surface area contributed by atoms with E-state index in [9.17, 15) is 23.1 Å². The van der Waals surface area contributed by atoms with E-state index in [4.69, 9.17) is 21.1 Å². The number of phenolic OH excluding ortho intramolecular Hbond substituents is 2. The number of aromatic hydroxyl groups is 2. The number of benzene rings is 3. The lowest BCUT2D eigenvalue weighted by molar-refractivity contribution is -0.137. The fourth-order valence-electron chi connectivity index (χ4n) is 2.62. The lowest BCUT2D eigenvalue weighted by Crippen LogP contribution is -2.20. The van der Waals surface area contributed by atoms with Crippen molar-refractivity contribution in [2.75, 3.05) is 16.4 Å². The van der Waals surface area contributed by atoms with E-state index in [1.807, 2.05) is 0 Å². The van der Waals surface area contributed by atoms with Crippen molar-refractivity contribution in [3.63, 3.8) is 0 Å². The molecule has 33 heavy (non-hydrogen) atoms. The van der Waals surface area contributed by atoms with Gasteiger partial charge >= 0.3 is 12.2 Å². The van der Waals surface area contributed by atoms with Crippen LogP contribution < -0.4 is 16.4 Å². The zero-order chi connectivity index (χ0) is 24.6. The normalized spacial score (nSPS) is 10.7. The minimum absolute atomic E-state index is 0.0262. The van der Waals surface area contributed by atoms with Gasteiger partial charge in [0.2, 0.25) is 0 Å². The molecule has 0 radical (unpaired) electrons. The van der Waals surface area contributed by atoms with E-state index in [0.29, 0.717) is 11.3 Å². The summed E-state index contributed by atoms with van der Waals surface area (Å²) in [5.41, 5.74) is 6.08. The summed E-state index contributed by atoms with van der Waals surface area (Å²) in [6.07, 6.45) is -4.50. The zero-order valence-corrected chi connectivity index (χ0v) is 17.1. The number of anilines is 3. The Bertz CT molecular complexity index is 1110. The summed E-state index contributed by atoms with van der Waals surface area (Å²) in [4.78, 5) is 11.8. The van der Waals surface area contributed by atoms with E-state index >= 15 is 0 Å². The number of hydrogen-bond acceptors (Lipinski definition) is 6. The summed E-state index contributed by atoms with van der Waals surface area (Å²) < 4.78 is 37.8. The van der Waals surface area contributed by atoms with Crippen molar-refractivity contribution in [1.82, 2.24) is 0 Å². The van der Waals surface area contributed by atoms with Crippen molar-refractivity contribution >= 4 is 23.1 Å². The number of alkyl halides is 3. The zero-order valence-electron chi connectivity index (χ0n) is 17.1. The summed E-state index contributed by atoms with van der Waals surface area (Å²) in [6, 6.07) is 11.8. The van der Waals surface area contributed by atoms with Crippen molar-refractivity contribution in [3.05, 3.63) is 77.4 Å². The molecule has 0 aliphatic rings. The van der Waals surface area contributed by atoms with Crippen LogP contribution in [0.2, 0.25) is 0 Å². The fourth-order valence-corrected chi connectivity index (χ4v) is 2.62. The summed E-state index contributed by atoms with van der Waals surface area (Å²) in [5.74, 6) is 0.0381. The molecule has 0 bridgehead atoms. The highest BCUT2D eigenvalue weighted by molar-refractivity contribution is 6.00. The molecule has 11 heteroatoms. The number of phenols is 2. The molecule has 0 unspecified atom stereocenters. The Kier molecular flexibility index (Phi) is 8.49. The van der Waals surface area contributed by atoms with Crippen LogP contribution in [0.25, 0.3) is 0 Å². The quantitative estimate of drug-likeness (QED) is 0.229. The topological polar surface area (TPSA) is 148 Å². The Morgan fingerprint density at radius 2 is 1.45 bits per heavy atom. The molecule has 0 heterocycles. The van der Waals surface area contributed by atoms with Crippen LogP contribution in [0, 0.1) is 0 Å². The number of rotatable bonds is 4. The molecule has 0 fully saturated rings. The fraction of sp³-hybridized carbons (Fsp3) is 0.136. The van der Waals surface area contributed by atoms with Crippen molar-refractivity contribution in [3.8, 4) is 11.5 Å². The Labute approximate surface area is 186 Å². The van der Waals surface area contributed by atoms with Gasteiger partial charge in [-0.1, -0.05) is 6.07 Å². The first-order valence-corrected chi connectivity index (χ1v) is 9.39. The summed E-state index contributed by atoms with van der Waals surface area (Å²) in [7, 11) is 0. The van der Waals surface area contributed by atoms with Crippen LogP contribution in [-0.4, -0.2) is 26.5 Å². The molecule has 176 valence electrons. The van der Waals surface area contributed by atoms with Crippen LogP contribution in [0.5, 0.6) is 11.5 Å². The van der Waals surface area contributed by atoms with Crippen LogP contribution in [0.1, 0.15) is 16.7 Å². The predicted octanol–water partition coefficient (Wildman–Crippen LogP) is 4.01. The van der Waals surface area contributed by atoms with Crippen LogP contribution >= 0.6 is 0 Å². The second-order valence-electron chi connectivity index (χ2n) is 6.70. The van der Waals surface area contributed by atoms with Gasteiger partial charge in [0.25, 0.3) is 0 Å². The van der Waals surface area contributed by atoms with Crippen LogP contribution in [0.4, 0.5) is 35.0 Å². The molecule has 8 nitrogen and oxygen atoms in total. The molecule has 0 atom stereocenters. The number of amides is 2. The molecule has 3 rings (SSSR count). The van der Waals surface area contributed by atoms with Crippen molar-refractivity contribution < 1.29 is 38.4 Å². The number of urea groups is 1. The monoisotopic (exact) mass is 465 g/mol.